The van der Waals surface area contributed by atoms with Gasteiger partial charge in [0, 0.05) is 36.7 Å². The number of carbonyl (C=O) groups is 1. The Bertz CT molecular complexity index is 659. The molecule has 1 aromatic heterocycles. The zero-order chi connectivity index (χ0) is 14.9. The summed E-state index contributed by atoms with van der Waals surface area (Å²) in [5, 5.41) is 7.76. The lowest BCUT2D eigenvalue weighted by molar-refractivity contribution is 0.0751. The van der Waals surface area contributed by atoms with E-state index in [-0.39, 0.29) is 5.91 Å². The molecular weight excluding hydrogens is 280 g/mol. The number of hydrogen-bond donors (Lipinski definition) is 0. The molecule has 0 unspecified atom stereocenters. The second kappa shape index (κ2) is 5.53. The molecule has 2 saturated heterocycles. The maximum absolute atomic E-state index is 12.7. The summed E-state index contributed by atoms with van der Waals surface area (Å²) in [5.74, 6) is 1.15. The van der Waals surface area contributed by atoms with Gasteiger partial charge >= 0.3 is 0 Å². The van der Waals surface area contributed by atoms with Crippen molar-refractivity contribution in [3.05, 3.63) is 47.8 Å². The molecule has 4 rings (SSSR count). The fourth-order valence-corrected chi connectivity index (χ4v) is 3.34. The van der Waals surface area contributed by atoms with Crippen LogP contribution in [0, 0.1) is 11.8 Å². The van der Waals surface area contributed by atoms with Crippen LogP contribution in [0.15, 0.2) is 36.7 Å². The summed E-state index contributed by atoms with van der Waals surface area (Å²) in [6.45, 7) is 3.84. The predicted molar refractivity (Wildman–Crippen MR) is 79.3 cm³/mol. The van der Waals surface area contributed by atoms with Crippen LogP contribution in [0.4, 0.5) is 0 Å². The molecule has 0 N–H and O–H groups in total. The van der Waals surface area contributed by atoms with Gasteiger partial charge < -0.3 is 9.64 Å². The summed E-state index contributed by atoms with van der Waals surface area (Å²) >= 11 is 0. The van der Waals surface area contributed by atoms with E-state index in [4.69, 9.17) is 4.74 Å². The Balaban J connectivity index is 1.49. The van der Waals surface area contributed by atoms with Crippen molar-refractivity contribution in [2.45, 2.75) is 6.54 Å². The third kappa shape index (κ3) is 2.50. The molecule has 0 bridgehead atoms. The minimum Gasteiger partial charge on any atom is -0.381 e. The zero-order valence-corrected chi connectivity index (χ0v) is 12.3. The van der Waals surface area contributed by atoms with E-state index < -0.39 is 0 Å². The number of fused-ring (bicyclic) bond motifs is 1. The van der Waals surface area contributed by atoms with Crippen LogP contribution in [-0.2, 0) is 11.3 Å². The molecule has 0 spiro atoms. The smallest absolute Gasteiger partial charge is 0.253 e. The molecule has 0 aliphatic carbocycles. The normalized spacial score (nSPS) is 23.7. The minimum atomic E-state index is 0.120. The van der Waals surface area contributed by atoms with Crippen LogP contribution in [0.25, 0.3) is 0 Å². The molecule has 1 aromatic carbocycles. The molecule has 0 saturated carbocycles. The third-order valence-corrected chi connectivity index (χ3v) is 4.52. The van der Waals surface area contributed by atoms with Gasteiger partial charge in [-0.3, -0.25) is 4.79 Å². The van der Waals surface area contributed by atoms with Gasteiger partial charge in [-0.2, -0.15) is 0 Å². The van der Waals surface area contributed by atoms with Crippen LogP contribution >= 0.6 is 0 Å². The highest BCUT2D eigenvalue weighted by molar-refractivity contribution is 5.94. The Morgan fingerprint density at radius 1 is 1.27 bits per heavy atom. The topological polar surface area (TPSA) is 60.2 Å². The van der Waals surface area contributed by atoms with Crippen LogP contribution < -0.4 is 0 Å². The first-order valence-electron chi connectivity index (χ1n) is 7.59. The Morgan fingerprint density at radius 2 is 2.09 bits per heavy atom. The standard InChI is InChI=1S/C16H18N4O2/c21-16(19-8-14-10-22-11-15(14)9-19)13-3-1-2-12(6-13)7-20-5-4-17-18-20/h1-6,14-15H,7-11H2/t14-,15+. The maximum Gasteiger partial charge on any atom is 0.253 e. The highest BCUT2D eigenvalue weighted by Crippen LogP contribution is 2.30. The van der Waals surface area contributed by atoms with Crippen molar-refractivity contribution in [1.82, 2.24) is 19.9 Å². The Labute approximate surface area is 128 Å². The maximum atomic E-state index is 12.7. The lowest BCUT2D eigenvalue weighted by atomic mass is 10.0. The van der Waals surface area contributed by atoms with Gasteiger partial charge in [-0.1, -0.05) is 17.3 Å². The summed E-state index contributed by atoms with van der Waals surface area (Å²) in [6, 6.07) is 7.77. The van der Waals surface area contributed by atoms with Crippen LogP contribution in [0.2, 0.25) is 0 Å². The van der Waals surface area contributed by atoms with Gasteiger partial charge in [0.15, 0.2) is 0 Å². The predicted octanol–water partition coefficient (Wildman–Crippen LogP) is 1.04. The second-order valence-corrected chi connectivity index (χ2v) is 6.07. The Hall–Kier alpha value is -2.21. The first-order chi connectivity index (χ1) is 10.8. The summed E-state index contributed by atoms with van der Waals surface area (Å²) in [7, 11) is 0. The molecule has 1 amide bonds. The van der Waals surface area contributed by atoms with Gasteiger partial charge in [0.05, 0.1) is 26.0 Å². The van der Waals surface area contributed by atoms with E-state index in [2.05, 4.69) is 10.3 Å². The summed E-state index contributed by atoms with van der Waals surface area (Å²) in [4.78, 5) is 14.6. The molecule has 6 nitrogen and oxygen atoms in total. The summed E-state index contributed by atoms with van der Waals surface area (Å²) < 4.78 is 7.22. The number of carbonyl (C=O) groups excluding carboxylic acids is 1. The average molecular weight is 298 g/mol. The number of aromatic nitrogens is 3. The average Bonchev–Trinajstić information content (AvgIpc) is 3.23. The van der Waals surface area contributed by atoms with E-state index in [9.17, 15) is 4.79 Å². The van der Waals surface area contributed by atoms with Crippen LogP contribution in [0.1, 0.15) is 15.9 Å². The van der Waals surface area contributed by atoms with Gasteiger partial charge in [0.1, 0.15) is 0 Å². The van der Waals surface area contributed by atoms with Gasteiger partial charge in [-0.05, 0) is 17.7 Å². The number of likely N-dealkylation sites (tertiary alicyclic amines) is 1. The lowest BCUT2D eigenvalue weighted by Gasteiger charge is -2.17. The molecule has 2 fully saturated rings. The minimum absolute atomic E-state index is 0.120. The molecule has 22 heavy (non-hydrogen) atoms. The van der Waals surface area contributed by atoms with Gasteiger partial charge in [-0.15, -0.1) is 5.10 Å². The number of rotatable bonds is 3. The van der Waals surface area contributed by atoms with E-state index in [1.165, 1.54) is 0 Å². The van der Waals surface area contributed by atoms with Crippen molar-refractivity contribution < 1.29 is 9.53 Å². The van der Waals surface area contributed by atoms with Gasteiger partial charge in [-0.25, -0.2) is 4.68 Å². The van der Waals surface area contributed by atoms with Crippen molar-refractivity contribution in [2.75, 3.05) is 26.3 Å². The Kier molecular flexibility index (Phi) is 3.38. The molecule has 3 heterocycles. The number of nitrogens with zero attached hydrogens (tertiary/aromatic N) is 4. The molecule has 2 aliphatic rings. The first kappa shape index (κ1) is 13.5. The van der Waals surface area contributed by atoms with Crippen LogP contribution in [-0.4, -0.2) is 52.1 Å². The fraction of sp³-hybridized carbons (Fsp3) is 0.438. The molecule has 6 heteroatoms. The highest BCUT2D eigenvalue weighted by Gasteiger charge is 2.39. The molecule has 2 aliphatic heterocycles. The van der Waals surface area contributed by atoms with Gasteiger partial charge in [0.25, 0.3) is 5.91 Å². The number of amides is 1. The molecular formula is C16H18N4O2. The van der Waals surface area contributed by atoms with E-state index in [1.54, 1.807) is 10.9 Å². The molecule has 2 atom stereocenters. The van der Waals surface area contributed by atoms with Crippen molar-refractivity contribution in [2.24, 2.45) is 11.8 Å². The number of ether oxygens (including phenoxy) is 1. The Morgan fingerprint density at radius 3 is 2.82 bits per heavy atom. The number of benzene rings is 1. The summed E-state index contributed by atoms with van der Waals surface area (Å²) in [5.41, 5.74) is 1.80. The second-order valence-electron chi connectivity index (χ2n) is 6.07. The highest BCUT2D eigenvalue weighted by atomic mass is 16.5. The quantitative estimate of drug-likeness (QED) is 0.849. The van der Waals surface area contributed by atoms with E-state index in [0.717, 1.165) is 37.4 Å². The van der Waals surface area contributed by atoms with E-state index in [1.807, 2.05) is 35.4 Å². The van der Waals surface area contributed by atoms with Crippen molar-refractivity contribution in [3.63, 3.8) is 0 Å². The largest absolute Gasteiger partial charge is 0.381 e. The third-order valence-electron chi connectivity index (χ3n) is 4.52. The number of hydrogen-bond acceptors (Lipinski definition) is 4. The first-order valence-corrected chi connectivity index (χ1v) is 7.59. The summed E-state index contributed by atoms with van der Waals surface area (Å²) in [6.07, 6.45) is 3.47. The van der Waals surface area contributed by atoms with Crippen molar-refractivity contribution >= 4 is 5.91 Å². The fourth-order valence-electron chi connectivity index (χ4n) is 3.34. The molecule has 0 radical (unpaired) electrons. The van der Waals surface area contributed by atoms with Crippen LogP contribution in [0.3, 0.4) is 0 Å². The zero-order valence-electron chi connectivity index (χ0n) is 12.3. The van der Waals surface area contributed by atoms with E-state index >= 15 is 0 Å². The lowest BCUT2D eigenvalue weighted by Crippen LogP contribution is -2.30. The van der Waals surface area contributed by atoms with E-state index in [0.29, 0.717) is 18.4 Å². The van der Waals surface area contributed by atoms with Crippen molar-refractivity contribution in [3.8, 4) is 0 Å². The van der Waals surface area contributed by atoms with Crippen LogP contribution in [0.5, 0.6) is 0 Å². The van der Waals surface area contributed by atoms with Gasteiger partial charge in [0.2, 0.25) is 0 Å². The molecule has 114 valence electrons. The molecule has 2 aromatic rings. The van der Waals surface area contributed by atoms with Crippen molar-refractivity contribution in [1.29, 1.82) is 0 Å². The SMILES string of the molecule is O=C(c1cccc(Cn2ccnn2)c1)N1C[C@H]2COC[C@H]2C1. The monoisotopic (exact) mass is 298 g/mol.